The van der Waals surface area contributed by atoms with Gasteiger partial charge in [-0.05, 0) is 0 Å². The van der Waals surface area contributed by atoms with E-state index in [4.69, 9.17) is 23.2 Å². The maximum atomic E-state index is 4.76. The molecular weight excluding hydrogens is 169 g/mol. The van der Waals surface area contributed by atoms with E-state index in [-0.39, 0.29) is 17.7 Å². The van der Waals surface area contributed by atoms with E-state index in [2.05, 4.69) is 11.6 Å². The smallest absolute Gasteiger partial charge is 0.147 e. The monoisotopic (exact) mass is 177 g/mol. The lowest BCUT2D eigenvalue weighted by molar-refractivity contribution is 2.14. The minimum absolute atomic E-state index is 0. The van der Waals surface area contributed by atoms with E-state index in [1.54, 1.807) is 0 Å². The SMILES string of the molecule is Cl.ClCCl.[CH3][Al][CH3]. The first-order chi connectivity index (χ1) is 2.83. The summed E-state index contributed by atoms with van der Waals surface area (Å²) in [7, 11) is 0. The van der Waals surface area contributed by atoms with Crippen LogP contribution in [0.5, 0.6) is 0 Å². The fourth-order valence-corrected chi connectivity index (χ4v) is 0. The molecule has 4 heteroatoms. The normalized spacial score (nSPS) is 4.57. The highest BCUT2D eigenvalue weighted by Gasteiger charge is 1.46. The van der Waals surface area contributed by atoms with Crippen molar-refractivity contribution in [1.29, 1.82) is 0 Å². The van der Waals surface area contributed by atoms with Crippen LogP contribution in [0.1, 0.15) is 0 Å². The topological polar surface area (TPSA) is 0 Å². The quantitative estimate of drug-likeness (QED) is 0.395. The van der Waals surface area contributed by atoms with E-state index in [1.165, 1.54) is 0 Å². The van der Waals surface area contributed by atoms with Gasteiger partial charge in [-0.3, -0.25) is 0 Å². The highest BCUT2D eigenvalue weighted by Crippen LogP contribution is 1.73. The van der Waals surface area contributed by atoms with Gasteiger partial charge in [-0.1, -0.05) is 0 Å². The number of rotatable bonds is 0. The third kappa shape index (κ3) is 110. The largest absolute Gasteiger partial charge is 0.191 e. The Hall–Kier alpha value is 1.40. The Labute approximate surface area is 67.7 Å². The summed E-state index contributed by atoms with van der Waals surface area (Å²) >= 11 is 10.3. The van der Waals surface area contributed by atoms with Gasteiger partial charge < -0.3 is 0 Å². The van der Waals surface area contributed by atoms with Crippen molar-refractivity contribution < 1.29 is 0 Å². The molecule has 1 radical (unpaired) electrons. The van der Waals surface area contributed by atoms with Crippen molar-refractivity contribution in [3.63, 3.8) is 0 Å². The minimum Gasteiger partial charge on any atom is -0.147 e. The van der Waals surface area contributed by atoms with Crippen LogP contribution in [0.2, 0.25) is 11.6 Å². The number of alkyl halides is 2. The van der Waals surface area contributed by atoms with Crippen LogP contribution in [0.3, 0.4) is 0 Å². The van der Waals surface area contributed by atoms with Gasteiger partial charge in [0.2, 0.25) is 0 Å². The van der Waals surface area contributed by atoms with Crippen LogP contribution in [0.4, 0.5) is 0 Å². The molecule has 0 aliphatic carbocycles. The van der Waals surface area contributed by atoms with Gasteiger partial charge in [0.15, 0.2) is 15.2 Å². The highest BCUT2D eigenvalue weighted by molar-refractivity contribution is 6.40. The minimum atomic E-state index is 0. The fraction of sp³-hybridized carbons (Fsp3) is 1.00. The molecule has 0 bridgehead atoms. The summed E-state index contributed by atoms with van der Waals surface area (Å²) in [6.07, 6.45) is 0. The van der Waals surface area contributed by atoms with Gasteiger partial charge in [0.1, 0.15) is 0 Å². The van der Waals surface area contributed by atoms with E-state index < -0.39 is 0 Å². The predicted molar refractivity (Wildman–Crippen MR) is 41.3 cm³/mol. The molecule has 7 heavy (non-hydrogen) atoms. The standard InChI is InChI=1S/CH2Cl2.2CH3.Al.ClH/c2-1-3;;;;/h1H2;2*1H3;;1H. The fourth-order valence-electron chi connectivity index (χ4n) is 0. The van der Waals surface area contributed by atoms with Gasteiger partial charge in [-0.15, -0.1) is 47.2 Å². The number of halogens is 3. The van der Waals surface area contributed by atoms with Crippen LogP contribution in [-0.2, 0) is 0 Å². The molecule has 0 rings (SSSR count). The molecule has 0 N–H and O–H groups in total. The molecule has 0 unspecified atom stereocenters. The van der Waals surface area contributed by atoms with E-state index in [9.17, 15) is 0 Å². The lowest BCUT2D eigenvalue weighted by Gasteiger charge is -1.42. The van der Waals surface area contributed by atoms with Crippen molar-refractivity contribution in [1.82, 2.24) is 0 Å². The first-order valence-electron chi connectivity index (χ1n) is 1.69. The summed E-state index contributed by atoms with van der Waals surface area (Å²) < 4.78 is 0. The van der Waals surface area contributed by atoms with E-state index in [0.29, 0.717) is 0 Å². The zero-order valence-electron chi connectivity index (χ0n) is 4.45. The van der Waals surface area contributed by atoms with Crippen LogP contribution < -0.4 is 0 Å². The number of hydrogen-bond acceptors (Lipinski definition) is 0. The zero-order chi connectivity index (χ0) is 5.41. The van der Waals surface area contributed by atoms with Crippen molar-refractivity contribution >= 4 is 50.8 Å². The predicted octanol–water partition coefficient (Wildman–Crippen LogP) is 2.63. The molecule has 0 spiro atoms. The average molecular weight is 178 g/mol. The van der Waals surface area contributed by atoms with Crippen molar-refractivity contribution in [3.8, 4) is 0 Å². The second kappa shape index (κ2) is 26.2. The summed E-state index contributed by atoms with van der Waals surface area (Å²) in [6.45, 7) is 0. The third-order valence-corrected chi connectivity index (χ3v) is 0. The van der Waals surface area contributed by atoms with Gasteiger partial charge >= 0.3 is 0 Å². The summed E-state index contributed by atoms with van der Waals surface area (Å²) in [5, 5.41) is 0.194. The van der Waals surface area contributed by atoms with Gasteiger partial charge in [0.05, 0.1) is 5.34 Å². The molecule has 0 saturated carbocycles. The molecule has 0 atom stereocenters. The lowest BCUT2D eigenvalue weighted by atomic mass is 11.9. The Balaban J connectivity index is -0.0000000400. The Morgan fingerprint density at radius 3 is 1.29 bits per heavy atom. The Morgan fingerprint density at radius 2 is 1.29 bits per heavy atom. The average Bonchev–Trinajstić information content (AvgIpc) is 1.39. The first kappa shape index (κ1) is 15.8. The lowest BCUT2D eigenvalue weighted by Crippen LogP contribution is -1.53. The van der Waals surface area contributed by atoms with Crippen molar-refractivity contribution in [2.24, 2.45) is 0 Å². The first-order valence-corrected chi connectivity index (χ1v) is 5.07. The van der Waals surface area contributed by atoms with E-state index in [0.717, 1.165) is 15.2 Å². The van der Waals surface area contributed by atoms with Gasteiger partial charge in [0.25, 0.3) is 0 Å². The van der Waals surface area contributed by atoms with Crippen molar-refractivity contribution in [2.45, 2.75) is 11.6 Å². The maximum absolute atomic E-state index is 4.76. The molecule has 0 aromatic carbocycles. The third-order valence-electron chi connectivity index (χ3n) is 0. The Morgan fingerprint density at radius 1 is 1.29 bits per heavy atom. The van der Waals surface area contributed by atoms with Gasteiger partial charge in [-0.25, -0.2) is 0 Å². The molecule has 45 valence electrons. The summed E-state index contributed by atoms with van der Waals surface area (Å²) in [6, 6.07) is 0. The second-order valence-corrected chi connectivity index (χ2v) is 2.64. The zero-order valence-corrected chi connectivity index (χ0v) is 7.93. The van der Waals surface area contributed by atoms with Crippen LogP contribution in [-0.4, -0.2) is 20.6 Å². The molecule has 0 fully saturated rings. The highest BCUT2D eigenvalue weighted by atomic mass is 35.5. The van der Waals surface area contributed by atoms with Crippen LogP contribution >= 0.6 is 35.6 Å². The Bertz CT molecular complexity index is 12.1. The molecule has 0 saturated heterocycles. The second-order valence-electron chi connectivity index (χ2n) is 0.678. The molecule has 0 aliphatic heterocycles. The molecule has 0 amide bonds. The molecule has 0 nitrogen and oxygen atoms in total. The van der Waals surface area contributed by atoms with Crippen molar-refractivity contribution in [3.05, 3.63) is 0 Å². The Kier molecular flexibility index (Phi) is 59.1. The van der Waals surface area contributed by atoms with Crippen LogP contribution in [0, 0.1) is 0 Å². The molecule has 0 aliphatic rings. The maximum Gasteiger partial charge on any atom is 0.191 e. The van der Waals surface area contributed by atoms with Crippen LogP contribution in [0.25, 0.3) is 0 Å². The summed E-state index contributed by atoms with van der Waals surface area (Å²) in [4.78, 5) is 0. The molecule has 0 aromatic rings. The van der Waals surface area contributed by atoms with Gasteiger partial charge in [0, 0.05) is 0 Å². The van der Waals surface area contributed by atoms with Crippen LogP contribution in [0.15, 0.2) is 0 Å². The molecule has 0 aromatic heterocycles. The summed E-state index contributed by atoms with van der Waals surface area (Å²) in [5.74, 6) is 4.42. The van der Waals surface area contributed by atoms with E-state index >= 15 is 0 Å². The summed E-state index contributed by atoms with van der Waals surface area (Å²) in [5.41, 5.74) is 0. The van der Waals surface area contributed by atoms with Crippen molar-refractivity contribution in [2.75, 3.05) is 5.34 Å². The number of hydrogen-bond donors (Lipinski definition) is 0. The molecule has 0 heterocycles. The van der Waals surface area contributed by atoms with Gasteiger partial charge in [-0.2, -0.15) is 0 Å². The van der Waals surface area contributed by atoms with E-state index in [1.807, 2.05) is 0 Å². The molecular formula is C3H9AlCl3.